The molecule has 1 aromatic carbocycles. The number of hydrogen-bond donors (Lipinski definition) is 1. The maximum atomic E-state index is 13.3. The van der Waals surface area contributed by atoms with E-state index in [1.807, 2.05) is 29.2 Å². The average molecular weight is 443 g/mol. The lowest BCUT2D eigenvalue weighted by Gasteiger charge is -2.43. The van der Waals surface area contributed by atoms with Crippen molar-refractivity contribution in [1.29, 1.82) is 0 Å². The molecule has 1 saturated carbocycles. The van der Waals surface area contributed by atoms with E-state index in [4.69, 9.17) is 10.7 Å². The molecular formula is C25H38N4O3. The van der Waals surface area contributed by atoms with Gasteiger partial charge in [-0.25, -0.2) is 5.90 Å². The molecule has 32 heavy (non-hydrogen) atoms. The van der Waals surface area contributed by atoms with E-state index in [0.717, 1.165) is 55.1 Å². The number of anilines is 1. The number of nitrogens with zero attached hydrogens (tertiary/aromatic N) is 3. The fraction of sp³-hybridized carbons (Fsp3) is 0.680. The molecule has 176 valence electrons. The zero-order chi connectivity index (χ0) is 22.5. The highest BCUT2D eigenvalue weighted by atomic mass is 16.6. The first kappa shape index (κ1) is 23.2. The molecule has 0 atom stereocenters. The molecule has 0 aromatic heterocycles. The predicted molar refractivity (Wildman–Crippen MR) is 126 cm³/mol. The minimum atomic E-state index is -0.0443. The van der Waals surface area contributed by atoms with Gasteiger partial charge in [-0.1, -0.05) is 37.2 Å². The molecular weight excluding hydrogens is 404 g/mol. The summed E-state index contributed by atoms with van der Waals surface area (Å²) in [5, 5.41) is 4.19. The number of carbonyl (C=O) groups excluding carboxylic acids is 1. The maximum absolute atomic E-state index is 13.3. The van der Waals surface area contributed by atoms with Gasteiger partial charge in [-0.2, -0.15) is 0 Å². The van der Waals surface area contributed by atoms with E-state index in [2.05, 4.69) is 28.7 Å². The average Bonchev–Trinajstić information content (AvgIpc) is 3.10. The van der Waals surface area contributed by atoms with E-state index in [0.29, 0.717) is 25.3 Å². The van der Waals surface area contributed by atoms with Gasteiger partial charge in [0.25, 0.3) is 5.91 Å². The lowest BCUT2D eigenvalue weighted by atomic mass is 9.79. The summed E-state index contributed by atoms with van der Waals surface area (Å²) in [7, 11) is 0. The summed E-state index contributed by atoms with van der Waals surface area (Å²) in [5.74, 6) is 6.69. The molecule has 2 N–H and O–H groups in total. The molecule has 7 nitrogen and oxygen atoms in total. The molecule has 3 aliphatic rings. The molecule has 1 saturated heterocycles. The van der Waals surface area contributed by atoms with Crippen LogP contribution in [0.15, 0.2) is 29.4 Å². The Morgan fingerprint density at radius 2 is 1.75 bits per heavy atom. The van der Waals surface area contributed by atoms with Gasteiger partial charge in [-0.05, 0) is 56.4 Å². The van der Waals surface area contributed by atoms with Crippen LogP contribution in [0.1, 0.15) is 64.4 Å². The second-order valence-corrected chi connectivity index (χ2v) is 9.77. The number of fused-ring (bicyclic) bond motifs is 1. The number of benzene rings is 1. The van der Waals surface area contributed by atoms with Crippen molar-refractivity contribution in [3.05, 3.63) is 29.8 Å². The number of carbonyl (C=O) groups is 1. The largest absolute Gasteiger partial charge is 0.395 e. The van der Waals surface area contributed by atoms with Gasteiger partial charge in [-0.15, -0.1) is 0 Å². The molecule has 1 aromatic rings. The third-order valence-electron chi connectivity index (χ3n) is 7.56. The monoisotopic (exact) mass is 442 g/mol. The molecule has 4 rings (SSSR count). The lowest BCUT2D eigenvalue weighted by Crippen LogP contribution is -2.50. The second kappa shape index (κ2) is 10.8. The quantitative estimate of drug-likeness (QED) is 0.490. The lowest BCUT2D eigenvalue weighted by molar-refractivity contribution is -0.113. The van der Waals surface area contributed by atoms with E-state index in [1.54, 1.807) is 0 Å². The van der Waals surface area contributed by atoms with Crippen LogP contribution in [-0.4, -0.2) is 54.9 Å². The van der Waals surface area contributed by atoms with Gasteiger partial charge in [0.2, 0.25) is 0 Å². The minimum absolute atomic E-state index is 0.0443. The Bertz CT molecular complexity index is 796. The molecule has 2 aliphatic heterocycles. The Morgan fingerprint density at radius 3 is 2.44 bits per heavy atom. The van der Waals surface area contributed by atoms with E-state index >= 15 is 0 Å². The first-order chi connectivity index (χ1) is 15.6. The summed E-state index contributed by atoms with van der Waals surface area (Å²) in [6.07, 6.45) is 8.00. The van der Waals surface area contributed by atoms with Crippen LogP contribution in [0.3, 0.4) is 0 Å². The molecule has 2 heterocycles. The van der Waals surface area contributed by atoms with Crippen molar-refractivity contribution >= 4 is 17.3 Å². The Hall–Kier alpha value is -1.96. The highest BCUT2D eigenvalue weighted by molar-refractivity contribution is 6.54. The standard InChI is InChI=1S/C25H38N4O3/c1-18(2)19-8-10-20(11-9-19)28-14-12-21(13-15-28)29-23-7-4-3-6-22(23)24(25(29)30)27-32-17-5-16-31-26/h3-4,6-7,18-21H,5,8-17,26H2,1-2H3/b27-24-/t19-,20+. The van der Waals surface area contributed by atoms with Crippen LogP contribution in [0.5, 0.6) is 0 Å². The normalized spacial score (nSPS) is 26.2. The van der Waals surface area contributed by atoms with Crippen molar-refractivity contribution in [3.63, 3.8) is 0 Å². The van der Waals surface area contributed by atoms with Gasteiger partial charge in [0, 0.05) is 37.2 Å². The maximum Gasteiger partial charge on any atom is 0.281 e. The summed E-state index contributed by atoms with van der Waals surface area (Å²) >= 11 is 0. The molecule has 0 radical (unpaired) electrons. The number of rotatable bonds is 8. The number of nitrogens with two attached hydrogens (primary N) is 1. The van der Waals surface area contributed by atoms with Crippen molar-refractivity contribution in [2.45, 2.75) is 70.9 Å². The molecule has 0 bridgehead atoms. The predicted octanol–water partition coefficient (Wildman–Crippen LogP) is 3.71. The molecule has 2 fully saturated rings. The Balaban J connectivity index is 1.37. The SMILES string of the molecule is CC(C)[C@H]1CC[C@@H](N2CCC(N3C(=O)/C(=N\OCCCON)c4ccccc43)CC2)CC1. The molecule has 0 unspecified atom stereocenters. The Labute approximate surface area is 191 Å². The van der Waals surface area contributed by atoms with Crippen LogP contribution in [0.4, 0.5) is 5.69 Å². The molecule has 1 aliphatic carbocycles. The van der Waals surface area contributed by atoms with Crippen molar-refractivity contribution in [2.75, 3.05) is 31.2 Å². The first-order valence-electron chi connectivity index (χ1n) is 12.3. The zero-order valence-corrected chi connectivity index (χ0v) is 19.5. The third-order valence-corrected chi connectivity index (χ3v) is 7.56. The van der Waals surface area contributed by atoms with Gasteiger partial charge in [0.1, 0.15) is 6.61 Å². The summed E-state index contributed by atoms with van der Waals surface area (Å²) < 4.78 is 0. The smallest absolute Gasteiger partial charge is 0.281 e. The highest BCUT2D eigenvalue weighted by Crippen LogP contribution is 2.36. The van der Waals surface area contributed by atoms with Crippen LogP contribution >= 0.6 is 0 Å². The van der Waals surface area contributed by atoms with E-state index in [9.17, 15) is 4.79 Å². The van der Waals surface area contributed by atoms with E-state index < -0.39 is 0 Å². The number of hydrogen-bond acceptors (Lipinski definition) is 6. The van der Waals surface area contributed by atoms with Crippen molar-refractivity contribution in [3.8, 4) is 0 Å². The zero-order valence-electron chi connectivity index (χ0n) is 19.5. The number of para-hydroxylation sites is 1. The molecule has 0 spiro atoms. The molecule has 1 amide bonds. The summed E-state index contributed by atoms with van der Waals surface area (Å²) in [6.45, 7) is 7.62. The number of likely N-dealkylation sites (tertiary alicyclic amines) is 1. The number of oxime groups is 1. The summed E-state index contributed by atoms with van der Waals surface area (Å²) in [5.41, 5.74) is 2.23. The Kier molecular flexibility index (Phi) is 7.81. The fourth-order valence-electron chi connectivity index (χ4n) is 5.63. The van der Waals surface area contributed by atoms with Crippen molar-refractivity contribution in [1.82, 2.24) is 4.90 Å². The third kappa shape index (κ3) is 5.00. The minimum Gasteiger partial charge on any atom is -0.395 e. The molecule has 7 heteroatoms. The van der Waals surface area contributed by atoms with Crippen molar-refractivity contribution < 1.29 is 14.5 Å². The number of piperidine rings is 1. The van der Waals surface area contributed by atoms with E-state index in [1.165, 1.54) is 25.7 Å². The number of amides is 1. The topological polar surface area (TPSA) is 80.4 Å². The first-order valence-corrected chi connectivity index (χ1v) is 12.3. The van der Waals surface area contributed by atoms with Gasteiger partial charge < -0.3 is 19.5 Å². The Morgan fingerprint density at radius 1 is 1.03 bits per heavy atom. The van der Waals surface area contributed by atoms with Crippen LogP contribution in [0.25, 0.3) is 0 Å². The summed E-state index contributed by atoms with van der Waals surface area (Å²) in [4.78, 5) is 27.9. The van der Waals surface area contributed by atoms with Crippen LogP contribution in [0, 0.1) is 11.8 Å². The fourth-order valence-corrected chi connectivity index (χ4v) is 5.63. The van der Waals surface area contributed by atoms with E-state index in [-0.39, 0.29) is 11.9 Å². The van der Waals surface area contributed by atoms with Crippen LogP contribution in [-0.2, 0) is 14.5 Å². The van der Waals surface area contributed by atoms with Gasteiger partial charge in [0.15, 0.2) is 5.71 Å². The van der Waals surface area contributed by atoms with Gasteiger partial charge in [0.05, 0.1) is 12.3 Å². The second-order valence-electron chi connectivity index (χ2n) is 9.77. The summed E-state index contributed by atoms with van der Waals surface area (Å²) in [6, 6.07) is 8.85. The van der Waals surface area contributed by atoms with Crippen LogP contribution < -0.4 is 10.8 Å². The van der Waals surface area contributed by atoms with Crippen molar-refractivity contribution in [2.24, 2.45) is 22.9 Å². The van der Waals surface area contributed by atoms with Crippen LogP contribution in [0.2, 0.25) is 0 Å². The van der Waals surface area contributed by atoms with Gasteiger partial charge in [-0.3, -0.25) is 4.79 Å². The highest BCUT2D eigenvalue weighted by Gasteiger charge is 2.40. The van der Waals surface area contributed by atoms with Gasteiger partial charge >= 0.3 is 0 Å².